The number of nitrogens with one attached hydrogen (secondary N) is 1. The van der Waals surface area contributed by atoms with E-state index in [0.29, 0.717) is 24.2 Å². The molecule has 2 heterocycles. The highest BCUT2D eigenvalue weighted by Gasteiger charge is 2.36. The molecule has 4 rings (SSSR count). The van der Waals surface area contributed by atoms with Gasteiger partial charge in [0.1, 0.15) is 12.1 Å². The van der Waals surface area contributed by atoms with Crippen LogP contribution in [0.2, 0.25) is 0 Å². The van der Waals surface area contributed by atoms with Gasteiger partial charge in [-0.25, -0.2) is 0 Å². The van der Waals surface area contributed by atoms with Crippen LogP contribution in [0.25, 0.3) is 0 Å². The number of carbonyl (C=O) groups excluding carboxylic acids is 1. The maximum Gasteiger partial charge on any atom is 0.416 e. The van der Waals surface area contributed by atoms with Gasteiger partial charge in [0.25, 0.3) is 0 Å². The van der Waals surface area contributed by atoms with Crippen LogP contribution in [0.5, 0.6) is 0 Å². The number of anilines is 2. The van der Waals surface area contributed by atoms with E-state index in [-0.39, 0.29) is 6.04 Å². The largest absolute Gasteiger partial charge is 0.416 e. The highest BCUT2D eigenvalue weighted by molar-refractivity contribution is 5.75. The Labute approximate surface area is 167 Å². The van der Waals surface area contributed by atoms with Crippen molar-refractivity contribution in [1.82, 2.24) is 9.78 Å². The van der Waals surface area contributed by atoms with Crippen molar-refractivity contribution < 1.29 is 18.0 Å². The van der Waals surface area contributed by atoms with E-state index >= 15 is 0 Å². The number of hydrogen-bond acceptors (Lipinski definition) is 5. The molecule has 2 aliphatic rings. The van der Waals surface area contributed by atoms with Crippen molar-refractivity contribution in [2.24, 2.45) is 12.8 Å². The number of halogens is 3. The topological polar surface area (TPSA) is 99.0 Å². The molecule has 0 fully saturated rings. The summed E-state index contributed by atoms with van der Waals surface area (Å²) in [7, 11) is 1.87. The molecule has 0 bridgehead atoms. The number of fused-ring (bicyclic) bond motifs is 2. The second-order valence-corrected chi connectivity index (χ2v) is 7.91. The third-order valence-corrected chi connectivity index (χ3v) is 5.68. The number of aldehydes is 1. The molecule has 6 nitrogen and oxygen atoms in total. The third-order valence-electron chi connectivity index (χ3n) is 5.68. The van der Waals surface area contributed by atoms with E-state index in [0.717, 1.165) is 49.2 Å². The van der Waals surface area contributed by atoms with Crippen LogP contribution < -0.4 is 16.8 Å². The lowest BCUT2D eigenvalue weighted by Gasteiger charge is -2.32. The standard InChI is InChI=1S/C12H12F3NO.C8H14N4/c1-11(7-17)4-5-16-10-3-2-8(6-9(10)11)12(13,14)15;1-12-8(10)6-3-2-5(9)4-7(6)11-12/h2-3,6-7,16H,4-5H2,1H3;5H,2-4,9-10H2,1H3. The molecular formula is C20H26F3N5O. The van der Waals surface area contributed by atoms with Gasteiger partial charge >= 0.3 is 6.18 Å². The maximum atomic E-state index is 12.6. The van der Waals surface area contributed by atoms with Gasteiger partial charge < -0.3 is 21.6 Å². The van der Waals surface area contributed by atoms with E-state index in [1.807, 2.05) is 7.05 Å². The number of nitrogen functional groups attached to an aromatic ring is 1. The van der Waals surface area contributed by atoms with Crippen molar-refractivity contribution in [3.63, 3.8) is 0 Å². The Hall–Kier alpha value is -2.55. The maximum absolute atomic E-state index is 12.6. The first-order valence-corrected chi connectivity index (χ1v) is 9.53. The summed E-state index contributed by atoms with van der Waals surface area (Å²) in [6, 6.07) is 3.75. The Morgan fingerprint density at radius 1 is 1.38 bits per heavy atom. The number of aryl methyl sites for hydroxylation is 1. The highest BCUT2D eigenvalue weighted by Crippen LogP contribution is 2.39. The Bertz CT molecular complexity index is 908. The van der Waals surface area contributed by atoms with Gasteiger partial charge in [-0.1, -0.05) is 0 Å². The molecule has 2 atom stereocenters. The Kier molecular flexibility index (Phi) is 5.62. The van der Waals surface area contributed by atoms with Gasteiger partial charge in [-0.05, 0) is 49.9 Å². The van der Waals surface area contributed by atoms with Crippen molar-refractivity contribution in [3.8, 4) is 0 Å². The summed E-state index contributed by atoms with van der Waals surface area (Å²) >= 11 is 0. The summed E-state index contributed by atoms with van der Waals surface area (Å²) in [5.41, 5.74) is 13.4. The van der Waals surface area contributed by atoms with E-state index in [2.05, 4.69) is 10.4 Å². The van der Waals surface area contributed by atoms with E-state index in [1.54, 1.807) is 11.6 Å². The molecule has 1 aliphatic heterocycles. The molecular weight excluding hydrogens is 383 g/mol. The summed E-state index contributed by atoms with van der Waals surface area (Å²) in [4.78, 5) is 11.1. The summed E-state index contributed by atoms with van der Waals surface area (Å²) < 4.78 is 39.6. The van der Waals surface area contributed by atoms with Crippen molar-refractivity contribution in [2.75, 3.05) is 17.6 Å². The average molecular weight is 409 g/mol. The Balaban J connectivity index is 0.000000176. The lowest BCUT2D eigenvalue weighted by molar-refractivity contribution is -0.137. The van der Waals surface area contributed by atoms with Crippen LogP contribution in [0.1, 0.15) is 42.1 Å². The van der Waals surface area contributed by atoms with Gasteiger partial charge in [0.2, 0.25) is 0 Å². The van der Waals surface area contributed by atoms with E-state index in [4.69, 9.17) is 11.5 Å². The van der Waals surface area contributed by atoms with Gasteiger partial charge in [0.15, 0.2) is 0 Å². The van der Waals surface area contributed by atoms with Crippen LogP contribution in [-0.2, 0) is 36.3 Å². The van der Waals surface area contributed by atoms with Gasteiger partial charge in [0.05, 0.1) is 16.7 Å². The SMILES string of the molecule is CC1(C=O)CCNc2ccc(C(F)(F)F)cc21.Cn1nc2c(c1N)CCC(N)C2. The normalized spacial score (nSPS) is 23.2. The molecule has 1 aromatic heterocycles. The van der Waals surface area contributed by atoms with Crippen LogP contribution >= 0.6 is 0 Å². The molecule has 1 aromatic carbocycles. The second kappa shape index (κ2) is 7.70. The zero-order valence-electron chi connectivity index (χ0n) is 16.5. The minimum Gasteiger partial charge on any atom is -0.385 e. The van der Waals surface area contributed by atoms with Gasteiger partial charge in [-0.3, -0.25) is 4.68 Å². The number of benzene rings is 1. The molecule has 0 amide bonds. The predicted octanol–water partition coefficient (Wildman–Crippen LogP) is 2.80. The van der Waals surface area contributed by atoms with Crippen LogP contribution in [0, 0.1) is 0 Å². The zero-order chi connectivity index (χ0) is 21.4. The molecule has 2 unspecified atom stereocenters. The van der Waals surface area contributed by atoms with Crippen LogP contribution in [0.4, 0.5) is 24.7 Å². The molecule has 29 heavy (non-hydrogen) atoms. The molecule has 1 aliphatic carbocycles. The molecule has 0 saturated carbocycles. The first kappa shape index (κ1) is 21.2. The second-order valence-electron chi connectivity index (χ2n) is 7.91. The number of aromatic nitrogens is 2. The molecule has 0 saturated heterocycles. The number of nitrogens with two attached hydrogens (primary N) is 2. The molecule has 0 spiro atoms. The van der Waals surface area contributed by atoms with Crippen molar-refractivity contribution in [2.45, 2.75) is 50.2 Å². The third kappa shape index (κ3) is 4.24. The molecule has 0 radical (unpaired) electrons. The number of alkyl halides is 3. The number of nitrogens with zero attached hydrogens (tertiary/aromatic N) is 2. The van der Waals surface area contributed by atoms with Crippen LogP contribution in [0.15, 0.2) is 18.2 Å². The number of rotatable bonds is 1. The number of carbonyl (C=O) groups is 1. The van der Waals surface area contributed by atoms with Crippen LogP contribution in [0.3, 0.4) is 0 Å². The predicted molar refractivity (Wildman–Crippen MR) is 106 cm³/mol. The van der Waals surface area contributed by atoms with Gasteiger partial charge in [0, 0.05) is 37.3 Å². The number of hydrogen-bond donors (Lipinski definition) is 3. The van der Waals surface area contributed by atoms with E-state index < -0.39 is 17.2 Å². The Morgan fingerprint density at radius 3 is 2.76 bits per heavy atom. The molecule has 158 valence electrons. The average Bonchev–Trinajstić information content (AvgIpc) is 2.95. The monoisotopic (exact) mass is 409 g/mol. The minimum atomic E-state index is -4.38. The first-order chi connectivity index (χ1) is 13.5. The van der Waals surface area contributed by atoms with E-state index in [9.17, 15) is 18.0 Å². The van der Waals surface area contributed by atoms with E-state index in [1.165, 1.54) is 11.6 Å². The van der Waals surface area contributed by atoms with Crippen molar-refractivity contribution >= 4 is 17.8 Å². The summed E-state index contributed by atoms with van der Waals surface area (Å²) in [6.07, 6.45) is -0.257. The molecule has 5 N–H and O–H groups in total. The summed E-state index contributed by atoms with van der Waals surface area (Å²) in [6.45, 7) is 2.26. The van der Waals surface area contributed by atoms with Crippen LogP contribution in [-0.4, -0.2) is 28.7 Å². The minimum absolute atomic E-state index is 0.270. The Morgan fingerprint density at radius 2 is 2.10 bits per heavy atom. The fourth-order valence-electron chi connectivity index (χ4n) is 3.82. The lowest BCUT2D eigenvalue weighted by atomic mass is 9.77. The molecule has 9 heteroatoms. The smallest absolute Gasteiger partial charge is 0.385 e. The summed E-state index contributed by atoms with van der Waals surface area (Å²) in [5, 5.41) is 7.32. The quantitative estimate of drug-likeness (QED) is 0.629. The summed E-state index contributed by atoms with van der Waals surface area (Å²) in [5.74, 6) is 0.803. The first-order valence-electron chi connectivity index (χ1n) is 9.53. The lowest BCUT2D eigenvalue weighted by Crippen LogP contribution is -2.33. The fourth-order valence-corrected chi connectivity index (χ4v) is 3.82. The zero-order valence-corrected chi connectivity index (χ0v) is 16.5. The van der Waals surface area contributed by atoms with Gasteiger partial charge in [-0.15, -0.1) is 0 Å². The van der Waals surface area contributed by atoms with Crippen molar-refractivity contribution in [1.29, 1.82) is 0 Å². The highest BCUT2D eigenvalue weighted by atomic mass is 19.4. The van der Waals surface area contributed by atoms with Crippen molar-refractivity contribution in [3.05, 3.63) is 40.6 Å². The van der Waals surface area contributed by atoms with Gasteiger partial charge in [-0.2, -0.15) is 18.3 Å². The molecule has 2 aromatic rings. The fraction of sp³-hybridized carbons (Fsp3) is 0.500.